The van der Waals surface area contributed by atoms with E-state index in [-0.39, 0.29) is 6.54 Å². The van der Waals surface area contributed by atoms with Gasteiger partial charge in [0.1, 0.15) is 6.54 Å². The van der Waals surface area contributed by atoms with Gasteiger partial charge in [0.05, 0.1) is 11.4 Å². The summed E-state index contributed by atoms with van der Waals surface area (Å²) in [6, 6.07) is 7.00. The molecule has 0 bridgehead atoms. The topological polar surface area (TPSA) is 98.4 Å². The smallest absolute Gasteiger partial charge is 0.238 e. The van der Waals surface area contributed by atoms with Crippen molar-refractivity contribution >= 4 is 17.3 Å². The van der Waals surface area contributed by atoms with E-state index < -0.39 is 5.91 Å². The van der Waals surface area contributed by atoms with E-state index in [1.165, 1.54) is 5.01 Å². The summed E-state index contributed by atoms with van der Waals surface area (Å²) in [4.78, 5) is 10.6. The van der Waals surface area contributed by atoms with Crippen LogP contribution in [0.1, 0.15) is 0 Å². The standard InChI is InChI=1S/C8H12N4O/c9-6-3-1-2-4-7(6)12(11)5-8(10)13/h1-4H,5,9,11H2,(H2,10,13). The van der Waals surface area contributed by atoms with Crippen LogP contribution in [0.2, 0.25) is 0 Å². The Morgan fingerprint density at radius 1 is 1.38 bits per heavy atom. The normalized spacial score (nSPS) is 9.62. The lowest BCUT2D eigenvalue weighted by atomic mass is 10.2. The molecule has 0 saturated carbocycles. The number of benzene rings is 1. The number of nitrogen functional groups attached to an aromatic ring is 1. The van der Waals surface area contributed by atoms with E-state index in [9.17, 15) is 4.79 Å². The second-order valence-corrected chi connectivity index (χ2v) is 2.65. The molecule has 5 heteroatoms. The minimum Gasteiger partial charge on any atom is -0.397 e. The average Bonchev–Trinajstić information content (AvgIpc) is 2.03. The number of hydrogen-bond acceptors (Lipinski definition) is 4. The number of nitrogens with two attached hydrogens (primary N) is 3. The fourth-order valence-corrected chi connectivity index (χ4v) is 1.00. The second-order valence-electron chi connectivity index (χ2n) is 2.65. The van der Waals surface area contributed by atoms with E-state index >= 15 is 0 Å². The van der Waals surface area contributed by atoms with Crippen LogP contribution in [-0.2, 0) is 4.79 Å². The third kappa shape index (κ3) is 2.34. The third-order valence-electron chi connectivity index (χ3n) is 1.57. The largest absolute Gasteiger partial charge is 0.397 e. The molecular weight excluding hydrogens is 168 g/mol. The van der Waals surface area contributed by atoms with E-state index in [4.69, 9.17) is 17.3 Å². The molecule has 0 saturated heterocycles. The Labute approximate surface area is 76.1 Å². The number of hydrazine groups is 1. The van der Waals surface area contributed by atoms with Crippen molar-refractivity contribution in [2.24, 2.45) is 11.6 Å². The summed E-state index contributed by atoms with van der Waals surface area (Å²) in [5.74, 6) is 5.05. The lowest BCUT2D eigenvalue weighted by molar-refractivity contribution is -0.116. The van der Waals surface area contributed by atoms with Gasteiger partial charge in [-0.15, -0.1) is 0 Å². The van der Waals surface area contributed by atoms with Crippen LogP contribution in [0.5, 0.6) is 0 Å². The van der Waals surface area contributed by atoms with Crippen LogP contribution < -0.4 is 22.3 Å². The van der Waals surface area contributed by atoms with E-state index in [1.807, 2.05) is 0 Å². The third-order valence-corrected chi connectivity index (χ3v) is 1.57. The Kier molecular flexibility index (Phi) is 2.71. The summed E-state index contributed by atoms with van der Waals surface area (Å²) in [6.07, 6.45) is 0. The van der Waals surface area contributed by atoms with Crippen LogP contribution in [0, 0.1) is 0 Å². The monoisotopic (exact) mass is 180 g/mol. The molecule has 0 fully saturated rings. The molecule has 6 N–H and O–H groups in total. The summed E-state index contributed by atoms with van der Waals surface area (Å²) < 4.78 is 0. The molecule has 70 valence electrons. The quantitative estimate of drug-likeness (QED) is 0.329. The van der Waals surface area contributed by atoms with E-state index in [0.717, 1.165) is 0 Å². The van der Waals surface area contributed by atoms with Crippen molar-refractivity contribution in [2.75, 3.05) is 17.3 Å². The van der Waals surface area contributed by atoms with Gasteiger partial charge >= 0.3 is 0 Å². The minimum absolute atomic E-state index is 0.0474. The molecule has 13 heavy (non-hydrogen) atoms. The first kappa shape index (κ1) is 9.34. The van der Waals surface area contributed by atoms with Gasteiger partial charge in [-0.3, -0.25) is 9.80 Å². The number of carbonyl (C=O) groups is 1. The van der Waals surface area contributed by atoms with Gasteiger partial charge in [-0.2, -0.15) is 0 Å². The maximum atomic E-state index is 10.6. The highest BCUT2D eigenvalue weighted by molar-refractivity contribution is 5.81. The molecule has 1 aromatic carbocycles. The zero-order valence-electron chi connectivity index (χ0n) is 7.10. The van der Waals surface area contributed by atoms with Crippen LogP contribution in [0.4, 0.5) is 11.4 Å². The van der Waals surface area contributed by atoms with Gasteiger partial charge < -0.3 is 11.5 Å². The highest BCUT2D eigenvalue weighted by Crippen LogP contribution is 2.18. The Morgan fingerprint density at radius 3 is 2.54 bits per heavy atom. The van der Waals surface area contributed by atoms with Crippen molar-refractivity contribution in [1.82, 2.24) is 0 Å². The summed E-state index contributed by atoms with van der Waals surface area (Å²) in [6.45, 7) is -0.0474. The van der Waals surface area contributed by atoms with Crippen molar-refractivity contribution < 1.29 is 4.79 Å². The number of nitrogens with zero attached hydrogens (tertiary/aromatic N) is 1. The Balaban J connectivity index is 2.82. The van der Waals surface area contributed by atoms with Gasteiger partial charge in [0.2, 0.25) is 5.91 Å². The average molecular weight is 180 g/mol. The number of carbonyl (C=O) groups excluding carboxylic acids is 1. The molecule has 1 amide bonds. The zero-order chi connectivity index (χ0) is 9.84. The van der Waals surface area contributed by atoms with Crippen molar-refractivity contribution in [3.8, 4) is 0 Å². The minimum atomic E-state index is -0.495. The molecule has 0 spiro atoms. The maximum absolute atomic E-state index is 10.6. The molecule has 0 aromatic heterocycles. The summed E-state index contributed by atoms with van der Waals surface area (Å²) >= 11 is 0. The van der Waals surface area contributed by atoms with Gasteiger partial charge in [-0.05, 0) is 12.1 Å². The highest BCUT2D eigenvalue weighted by atomic mass is 16.1. The van der Waals surface area contributed by atoms with Gasteiger partial charge in [0.25, 0.3) is 0 Å². The molecular formula is C8H12N4O. The zero-order valence-corrected chi connectivity index (χ0v) is 7.10. The molecule has 0 radical (unpaired) electrons. The maximum Gasteiger partial charge on any atom is 0.238 e. The van der Waals surface area contributed by atoms with Gasteiger partial charge in [-0.1, -0.05) is 12.1 Å². The van der Waals surface area contributed by atoms with E-state index in [1.54, 1.807) is 24.3 Å². The predicted octanol–water partition coefficient (Wildman–Crippen LogP) is -0.566. The molecule has 0 heterocycles. The molecule has 0 aliphatic carbocycles. The van der Waals surface area contributed by atoms with Gasteiger partial charge in [-0.25, -0.2) is 5.84 Å². The van der Waals surface area contributed by atoms with Crippen molar-refractivity contribution in [3.63, 3.8) is 0 Å². The first-order chi connectivity index (χ1) is 6.11. The van der Waals surface area contributed by atoms with Crippen LogP contribution >= 0.6 is 0 Å². The second kappa shape index (κ2) is 3.77. The predicted molar refractivity (Wildman–Crippen MR) is 51.6 cm³/mol. The summed E-state index contributed by atoms with van der Waals surface area (Å²) in [5.41, 5.74) is 11.7. The number of amides is 1. The number of anilines is 2. The lowest BCUT2D eigenvalue weighted by Gasteiger charge is -2.18. The van der Waals surface area contributed by atoms with Crippen molar-refractivity contribution in [2.45, 2.75) is 0 Å². The van der Waals surface area contributed by atoms with E-state index in [2.05, 4.69) is 0 Å². The Bertz CT molecular complexity index is 313. The molecule has 5 nitrogen and oxygen atoms in total. The van der Waals surface area contributed by atoms with Crippen molar-refractivity contribution in [3.05, 3.63) is 24.3 Å². The number of para-hydroxylation sites is 2. The van der Waals surface area contributed by atoms with Crippen LogP contribution in [0.15, 0.2) is 24.3 Å². The Hall–Kier alpha value is -1.75. The summed E-state index contributed by atoms with van der Waals surface area (Å²) in [5, 5.41) is 1.22. The molecule has 0 atom stereocenters. The van der Waals surface area contributed by atoms with Crippen LogP contribution in [0.3, 0.4) is 0 Å². The molecule has 1 rings (SSSR count). The number of rotatable bonds is 3. The van der Waals surface area contributed by atoms with Gasteiger partial charge in [0, 0.05) is 0 Å². The molecule has 0 aliphatic heterocycles. The van der Waals surface area contributed by atoms with Gasteiger partial charge in [0.15, 0.2) is 0 Å². The fraction of sp³-hybridized carbons (Fsp3) is 0.125. The lowest BCUT2D eigenvalue weighted by Crippen LogP contribution is -2.39. The van der Waals surface area contributed by atoms with Crippen LogP contribution in [-0.4, -0.2) is 12.5 Å². The number of primary amides is 1. The van der Waals surface area contributed by atoms with E-state index in [0.29, 0.717) is 11.4 Å². The molecule has 1 aromatic rings. The summed E-state index contributed by atoms with van der Waals surface area (Å²) in [7, 11) is 0. The SMILES string of the molecule is NC(=O)CN(N)c1ccccc1N. The van der Waals surface area contributed by atoms with Crippen molar-refractivity contribution in [1.29, 1.82) is 0 Å². The first-order valence-electron chi connectivity index (χ1n) is 3.76. The first-order valence-corrected chi connectivity index (χ1v) is 3.76. The van der Waals surface area contributed by atoms with Crippen LogP contribution in [0.25, 0.3) is 0 Å². The highest BCUT2D eigenvalue weighted by Gasteiger charge is 2.06. The Morgan fingerprint density at radius 2 is 2.00 bits per heavy atom. The molecule has 0 unspecified atom stereocenters. The fourth-order valence-electron chi connectivity index (χ4n) is 1.00. The number of hydrogen-bond donors (Lipinski definition) is 3. The molecule has 0 aliphatic rings.